The minimum atomic E-state index is 0.888. The third-order valence-electron chi connectivity index (χ3n) is 1.65. The molecule has 0 aliphatic heterocycles. The van der Waals surface area contributed by atoms with Crippen molar-refractivity contribution >= 4 is 11.3 Å². The Kier molecular flexibility index (Phi) is 4.05. The van der Waals surface area contributed by atoms with Crippen LogP contribution < -0.4 is 5.32 Å². The fourth-order valence-electron chi connectivity index (χ4n) is 1.00. The molecular formula is C10H15NS. The van der Waals surface area contributed by atoms with Crippen molar-refractivity contribution < 1.29 is 0 Å². The van der Waals surface area contributed by atoms with Gasteiger partial charge in [-0.15, -0.1) is 17.9 Å². The van der Waals surface area contributed by atoms with E-state index in [1.807, 2.05) is 17.4 Å². The van der Waals surface area contributed by atoms with Crippen molar-refractivity contribution in [3.63, 3.8) is 0 Å². The molecule has 1 rings (SSSR count). The minimum absolute atomic E-state index is 0.888. The van der Waals surface area contributed by atoms with Gasteiger partial charge in [0.1, 0.15) is 0 Å². The number of thiophene rings is 1. The van der Waals surface area contributed by atoms with Crippen LogP contribution in [-0.4, -0.2) is 6.54 Å². The highest BCUT2D eigenvalue weighted by Gasteiger charge is 1.96. The van der Waals surface area contributed by atoms with Gasteiger partial charge in [0.25, 0.3) is 0 Å². The van der Waals surface area contributed by atoms with Gasteiger partial charge in [-0.1, -0.05) is 13.0 Å². The molecule has 0 atom stereocenters. The lowest BCUT2D eigenvalue weighted by molar-refractivity contribution is 0.771. The zero-order valence-corrected chi connectivity index (χ0v) is 8.29. The van der Waals surface area contributed by atoms with Gasteiger partial charge in [-0.3, -0.25) is 0 Å². The summed E-state index contributed by atoms with van der Waals surface area (Å²) in [5.74, 6) is 0. The number of rotatable bonds is 5. The van der Waals surface area contributed by atoms with Crippen LogP contribution in [0.3, 0.4) is 0 Å². The lowest BCUT2D eigenvalue weighted by Crippen LogP contribution is -2.11. The Labute approximate surface area is 78.1 Å². The molecule has 0 bridgehead atoms. The van der Waals surface area contributed by atoms with E-state index >= 15 is 0 Å². The maximum Gasteiger partial charge on any atom is 0.0302 e. The van der Waals surface area contributed by atoms with Crippen molar-refractivity contribution in [3.8, 4) is 0 Å². The van der Waals surface area contributed by atoms with Gasteiger partial charge in [0.2, 0.25) is 0 Å². The second-order valence-corrected chi connectivity index (χ2v) is 3.89. The van der Waals surface area contributed by atoms with Crippen LogP contribution >= 0.6 is 11.3 Å². The molecule has 0 saturated heterocycles. The van der Waals surface area contributed by atoms with Crippen molar-refractivity contribution in [1.82, 2.24) is 5.32 Å². The average Bonchev–Trinajstić information content (AvgIpc) is 2.53. The quantitative estimate of drug-likeness (QED) is 0.544. The molecule has 0 aliphatic rings. The van der Waals surface area contributed by atoms with Crippen LogP contribution in [0.1, 0.15) is 16.7 Å². The van der Waals surface area contributed by atoms with Crippen LogP contribution in [0.25, 0.3) is 0 Å². The van der Waals surface area contributed by atoms with Crippen LogP contribution in [0.5, 0.6) is 0 Å². The molecule has 66 valence electrons. The fourth-order valence-corrected chi connectivity index (χ4v) is 1.93. The van der Waals surface area contributed by atoms with E-state index in [9.17, 15) is 0 Å². The summed E-state index contributed by atoms with van der Waals surface area (Å²) < 4.78 is 0. The van der Waals surface area contributed by atoms with Crippen molar-refractivity contribution in [3.05, 3.63) is 34.5 Å². The van der Waals surface area contributed by atoms with Crippen LogP contribution in [0.2, 0.25) is 0 Å². The van der Waals surface area contributed by atoms with Gasteiger partial charge in [-0.25, -0.2) is 0 Å². The Balaban J connectivity index is 2.36. The zero-order chi connectivity index (χ0) is 8.81. The molecule has 0 unspecified atom stereocenters. The smallest absolute Gasteiger partial charge is 0.0302 e. The molecule has 1 aromatic heterocycles. The van der Waals surface area contributed by atoms with Gasteiger partial charge < -0.3 is 5.32 Å². The van der Waals surface area contributed by atoms with Gasteiger partial charge >= 0.3 is 0 Å². The Morgan fingerprint density at radius 2 is 2.25 bits per heavy atom. The monoisotopic (exact) mass is 181 g/mol. The zero-order valence-electron chi connectivity index (χ0n) is 7.47. The predicted molar refractivity (Wildman–Crippen MR) is 55.6 cm³/mol. The van der Waals surface area contributed by atoms with Crippen molar-refractivity contribution in [2.75, 3.05) is 6.54 Å². The molecule has 1 heterocycles. The second-order valence-electron chi connectivity index (χ2n) is 2.64. The Bertz CT molecular complexity index is 240. The molecule has 0 spiro atoms. The average molecular weight is 181 g/mol. The van der Waals surface area contributed by atoms with Crippen molar-refractivity contribution in [2.24, 2.45) is 0 Å². The molecule has 2 heteroatoms. The number of aryl methyl sites for hydroxylation is 1. The van der Waals surface area contributed by atoms with E-state index in [-0.39, 0.29) is 0 Å². The van der Waals surface area contributed by atoms with E-state index in [1.54, 1.807) is 0 Å². The van der Waals surface area contributed by atoms with Crippen LogP contribution in [0, 0.1) is 0 Å². The molecular weight excluding hydrogens is 166 g/mol. The summed E-state index contributed by atoms with van der Waals surface area (Å²) in [4.78, 5) is 2.87. The molecule has 0 saturated carbocycles. The molecule has 0 aliphatic carbocycles. The normalized spacial score (nSPS) is 10.1. The molecule has 12 heavy (non-hydrogen) atoms. The van der Waals surface area contributed by atoms with E-state index in [4.69, 9.17) is 0 Å². The third-order valence-corrected chi connectivity index (χ3v) is 2.88. The lowest BCUT2D eigenvalue weighted by atomic mass is 10.3. The molecule has 0 amide bonds. The Morgan fingerprint density at radius 1 is 1.50 bits per heavy atom. The molecule has 0 radical (unpaired) electrons. The summed E-state index contributed by atoms with van der Waals surface area (Å²) >= 11 is 1.89. The first-order valence-electron chi connectivity index (χ1n) is 4.26. The second kappa shape index (κ2) is 5.12. The van der Waals surface area contributed by atoms with Gasteiger partial charge in [0.05, 0.1) is 0 Å². The third kappa shape index (κ3) is 2.80. The van der Waals surface area contributed by atoms with Crippen LogP contribution in [0.15, 0.2) is 24.8 Å². The predicted octanol–water partition coefficient (Wildman–Crippen LogP) is 2.59. The van der Waals surface area contributed by atoms with Gasteiger partial charge in [-0.05, 0) is 18.6 Å². The van der Waals surface area contributed by atoms with E-state index in [2.05, 4.69) is 31.0 Å². The summed E-state index contributed by atoms with van der Waals surface area (Å²) in [6.07, 6.45) is 3.03. The molecule has 0 aromatic carbocycles. The number of hydrogen-bond donors (Lipinski definition) is 1. The van der Waals surface area contributed by atoms with E-state index in [0.717, 1.165) is 19.5 Å². The van der Waals surface area contributed by atoms with E-state index in [0.29, 0.717) is 0 Å². The molecule has 0 fully saturated rings. The van der Waals surface area contributed by atoms with E-state index in [1.165, 1.54) is 9.75 Å². The Hall–Kier alpha value is -0.600. The van der Waals surface area contributed by atoms with Crippen LogP contribution in [0.4, 0.5) is 0 Å². The van der Waals surface area contributed by atoms with Crippen molar-refractivity contribution in [1.29, 1.82) is 0 Å². The molecule has 1 aromatic rings. The number of nitrogens with one attached hydrogen (secondary N) is 1. The SMILES string of the molecule is C=CCNCc1ccc(CC)s1. The topological polar surface area (TPSA) is 12.0 Å². The number of hydrogen-bond acceptors (Lipinski definition) is 2. The first kappa shape index (κ1) is 9.49. The maximum atomic E-state index is 3.65. The standard InChI is InChI=1S/C10H15NS/c1-3-7-11-8-10-6-5-9(4-2)12-10/h3,5-6,11H,1,4,7-8H2,2H3. The fraction of sp³-hybridized carbons (Fsp3) is 0.400. The first-order chi connectivity index (χ1) is 5.86. The highest BCUT2D eigenvalue weighted by molar-refractivity contribution is 7.11. The molecule has 1 nitrogen and oxygen atoms in total. The largest absolute Gasteiger partial charge is 0.308 e. The first-order valence-corrected chi connectivity index (χ1v) is 5.07. The lowest BCUT2D eigenvalue weighted by Gasteiger charge is -1.96. The Morgan fingerprint density at radius 3 is 2.83 bits per heavy atom. The van der Waals surface area contributed by atoms with E-state index < -0.39 is 0 Å². The minimum Gasteiger partial charge on any atom is -0.308 e. The van der Waals surface area contributed by atoms with Gasteiger partial charge in [-0.2, -0.15) is 0 Å². The van der Waals surface area contributed by atoms with Gasteiger partial charge in [0, 0.05) is 22.8 Å². The summed E-state index contributed by atoms with van der Waals surface area (Å²) in [6.45, 7) is 7.70. The van der Waals surface area contributed by atoms with Crippen molar-refractivity contribution in [2.45, 2.75) is 19.9 Å². The summed E-state index contributed by atoms with van der Waals surface area (Å²) in [5, 5.41) is 3.28. The maximum absolute atomic E-state index is 3.65. The summed E-state index contributed by atoms with van der Waals surface area (Å²) in [7, 11) is 0. The van der Waals surface area contributed by atoms with Gasteiger partial charge in [0.15, 0.2) is 0 Å². The summed E-state index contributed by atoms with van der Waals surface area (Å²) in [5.41, 5.74) is 0. The highest BCUT2D eigenvalue weighted by atomic mass is 32.1. The molecule has 1 N–H and O–H groups in total. The van der Waals surface area contributed by atoms with Crippen LogP contribution in [-0.2, 0) is 13.0 Å². The highest BCUT2D eigenvalue weighted by Crippen LogP contribution is 2.16. The summed E-state index contributed by atoms with van der Waals surface area (Å²) in [6, 6.07) is 4.40.